The average molecular weight is 692 g/mol. The van der Waals surface area contributed by atoms with Gasteiger partial charge in [-0.25, -0.2) is 0 Å². The topological polar surface area (TPSA) is 43.0 Å². The van der Waals surface area contributed by atoms with E-state index in [1.807, 2.05) is 7.05 Å². The zero-order valence-corrected chi connectivity index (χ0v) is 34.1. The Labute approximate surface area is 309 Å². The molecule has 0 fully saturated rings. The SMILES string of the molecule is C=C(CCCCCCCCCCCCC(=C)Nc1ccc(COC(=C)N(C)CCN(C)C(=C)C(C)(C)C)cc1)NCCN(C)C(=C)C(C)(C)C. The van der Waals surface area contributed by atoms with Gasteiger partial charge >= 0.3 is 0 Å². The molecule has 0 unspecified atom stereocenters. The molecule has 1 rings (SSSR count). The number of anilines is 1. The molecule has 0 aliphatic rings. The van der Waals surface area contributed by atoms with Crippen LogP contribution < -0.4 is 10.6 Å². The lowest BCUT2D eigenvalue weighted by molar-refractivity contribution is 0.113. The molecule has 6 heteroatoms. The first-order valence-corrected chi connectivity index (χ1v) is 19.2. The molecular weight excluding hydrogens is 615 g/mol. The van der Waals surface area contributed by atoms with Gasteiger partial charge in [-0.1, -0.05) is 131 Å². The zero-order valence-electron chi connectivity index (χ0n) is 34.1. The predicted molar refractivity (Wildman–Crippen MR) is 221 cm³/mol. The minimum Gasteiger partial charge on any atom is -0.475 e. The second kappa shape index (κ2) is 23.2. The Kier molecular flexibility index (Phi) is 20.8. The van der Waals surface area contributed by atoms with Crippen LogP contribution in [0.1, 0.15) is 124 Å². The van der Waals surface area contributed by atoms with Gasteiger partial charge in [-0.15, -0.1) is 0 Å². The van der Waals surface area contributed by atoms with Gasteiger partial charge in [-0.2, -0.15) is 0 Å². The van der Waals surface area contributed by atoms with Crippen molar-refractivity contribution in [3.63, 3.8) is 0 Å². The third kappa shape index (κ3) is 19.8. The maximum Gasteiger partial charge on any atom is 0.182 e. The third-order valence-corrected chi connectivity index (χ3v) is 9.56. The quantitative estimate of drug-likeness (QED) is 0.0673. The molecule has 0 heterocycles. The van der Waals surface area contributed by atoms with E-state index in [1.165, 1.54) is 75.6 Å². The van der Waals surface area contributed by atoms with Gasteiger partial charge in [0.25, 0.3) is 0 Å². The fraction of sp³-hybridized carbons (Fsp3) is 0.636. The van der Waals surface area contributed by atoms with Gasteiger partial charge in [0.05, 0.1) is 0 Å². The number of nitrogens with zero attached hydrogens (tertiary/aromatic N) is 3. The first kappa shape index (κ1) is 44.7. The molecule has 0 aliphatic carbocycles. The van der Waals surface area contributed by atoms with Gasteiger partial charge in [-0.05, 0) is 50.0 Å². The number of nitrogens with one attached hydrogen (secondary N) is 2. The molecule has 0 aliphatic heterocycles. The van der Waals surface area contributed by atoms with Crippen molar-refractivity contribution in [1.82, 2.24) is 20.0 Å². The Balaban J connectivity index is 2.06. The summed E-state index contributed by atoms with van der Waals surface area (Å²) in [6.07, 6.45) is 15.1. The standard InChI is InChI=1S/C44H77N5O/c1-36(45-31-32-47(12)38(3)43(6,7)8)25-23-21-19-17-15-16-18-20-22-24-26-37(2)46-42-29-27-41(28-30-42)35-50-40(5)49(14)34-33-48(13)39(4)44(9,10)11/h27-30,45-46H,1-5,15-26,31-35H2,6-14H3. The lowest BCUT2D eigenvalue weighted by Crippen LogP contribution is -2.33. The predicted octanol–water partition coefficient (Wildman–Crippen LogP) is 11.3. The molecule has 1 aromatic rings. The maximum absolute atomic E-state index is 5.97. The van der Waals surface area contributed by atoms with Crippen molar-refractivity contribution in [3.8, 4) is 0 Å². The van der Waals surface area contributed by atoms with Crippen molar-refractivity contribution >= 4 is 5.69 Å². The third-order valence-electron chi connectivity index (χ3n) is 9.56. The van der Waals surface area contributed by atoms with E-state index in [4.69, 9.17) is 4.74 Å². The summed E-state index contributed by atoms with van der Waals surface area (Å²) >= 11 is 0. The molecule has 50 heavy (non-hydrogen) atoms. The van der Waals surface area contributed by atoms with E-state index in [-0.39, 0.29) is 10.8 Å². The van der Waals surface area contributed by atoms with Gasteiger partial charge in [-0.3, -0.25) is 0 Å². The Morgan fingerprint density at radius 3 is 1.48 bits per heavy atom. The van der Waals surface area contributed by atoms with Gasteiger partial charge in [0.1, 0.15) is 6.61 Å². The Hall–Kier alpha value is -3.28. The summed E-state index contributed by atoms with van der Waals surface area (Å²) in [6.45, 7) is 38.3. The first-order valence-electron chi connectivity index (χ1n) is 19.2. The summed E-state index contributed by atoms with van der Waals surface area (Å²) < 4.78 is 5.97. The Bertz CT molecular complexity index is 1170. The molecule has 0 saturated carbocycles. The van der Waals surface area contributed by atoms with Crippen LogP contribution in [0.2, 0.25) is 0 Å². The van der Waals surface area contributed by atoms with Crippen LogP contribution in [0.4, 0.5) is 5.69 Å². The average Bonchev–Trinajstić information content (AvgIpc) is 3.05. The summed E-state index contributed by atoms with van der Waals surface area (Å²) in [6, 6.07) is 8.41. The summed E-state index contributed by atoms with van der Waals surface area (Å²) in [4.78, 5) is 6.51. The fourth-order valence-corrected chi connectivity index (χ4v) is 5.65. The van der Waals surface area contributed by atoms with Crippen molar-refractivity contribution in [2.75, 3.05) is 52.6 Å². The van der Waals surface area contributed by atoms with Crippen LogP contribution in [-0.2, 0) is 11.3 Å². The molecule has 0 radical (unpaired) electrons. The van der Waals surface area contributed by atoms with Gasteiger partial charge < -0.3 is 30.1 Å². The number of likely N-dealkylation sites (N-methyl/N-ethyl adjacent to an activating group) is 3. The minimum absolute atomic E-state index is 0.0615. The largest absolute Gasteiger partial charge is 0.475 e. The van der Waals surface area contributed by atoms with Gasteiger partial charge in [0.15, 0.2) is 5.88 Å². The number of hydrogen-bond donors (Lipinski definition) is 2. The maximum atomic E-state index is 5.97. The highest BCUT2D eigenvalue weighted by molar-refractivity contribution is 5.48. The van der Waals surface area contributed by atoms with Crippen LogP contribution >= 0.6 is 0 Å². The zero-order chi connectivity index (χ0) is 37.7. The molecule has 284 valence electrons. The molecular formula is C44H77N5O. The number of allylic oxidation sites excluding steroid dienone is 4. The van der Waals surface area contributed by atoms with Crippen LogP contribution in [0.25, 0.3) is 0 Å². The van der Waals surface area contributed by atoms with Crippen LogP contribution in [0.5, 0.6) is 0 Å². The van der Waals surface area contributed by atoms with E-state index in [1.54, 1.807) is 0 Å². The summed E-state index contributed by atoms with van der Waals surface area (Å²) in [5.41, 5.74) is 6.92. The van der Waals surface area contributed by atoms with Crippen LogP contribution in [0, 0.1) is 10.8 Å². The number of rotatable bonds is 28. The van der Waals surface area contributed by atoms with Crippen molar-refractivity contribution in [2.24, 2.45) is 10.8 Å². The highest BCUT2D eigenvalue weighted by atomic mass is 16.5. The van der Waals surface area contributed by atoms with Crippen molar-refractivity contribution < 1.29 is 4.74 Å². The van der Waals surface area contributed by atoms with Crippen molar-refractivity contribution in [3.05, 3.63) is 91.4 Å². The highest BCUT2D eigenvalue weighted by Crippen LogP contribution is 2.26. The molecule has 0 bridgehead atoms. The van der Waals surface area contributed by atoms with E-state index in [2.05, 4.69) is 138 Å². The molecule has 0 saturated heterocycles. The molecule has 0 atom stereocenters. The Morgan fingerprint density at radius 2 is 1.00 bits per heavy atom. The smallest absolute Gasteiger partial charge is 0.182 e. The lowest BCUT2D eigenvalue weighted by atomic mass is 9.92. The second-order valence-corrected chi connectivity index (χ2v) is 16.3. The molecule has 0 spiro atoms. The second-order valence-electron chi connectivity index (χ2n) is 16.3. The van der Waals surface area contributed by atoms with E-state index >= 15 is 0 Å². The van der Waals surface area contributed by atoms with E-state index < -0.39 is 0 Å². The number of hydrogen-bond acceptors (Lipinski definition) is 6. The normalized spacial score (nSPS) is 11.5. The van der Waals surface area contributed by atoms with Gasteiger partial charge in [0, 0.05) is 86.6 Å². The minimum atomic E-state index is 0.0615. The fourth-order valence-electron chi connectivity index (χ4n) is 5.65. The van der Waals surface area contributed by atoms with E-state index in [0.717, 1.165) is 61.7 Å². The number of benzene rings is 1. The van der Waals surface area contributed by atoms with Gasteiger partial charge in [0.2, 0.25) is 0 Å². The summed E-state index contributed by atoms with van der Waals surface area (Å²) in [7, 11) is 6.23. The number of unbranched alkanes of at least 4 members (excludes halogenated alkanes) is 9. The lowest BCUT2D eigenvalue weighted by Gasteiger charge is -2.33. The first-order chi connectivity index (χ1) is 23.4. The highest BCUT2D eigenvalue weighted by Gasteiger charge is 2.19. The van der Waals surface area contributed by atoms with Crippen LogP contribution in [-0.4, -0.2) is 62.0 Å². The molecule has 0 amide bonds. The summed E-state index contributed by atoms with van der Waals surface area (Å²) in [5.74, 6) is 0.677. The molecule has 1 aromatic carbocycles. The summed E-state index contributed by atoms with van der Waals surface area (Å²) in [5, 5.41) is 6.98. The van der Waals surface area contributed by atoms with Crippen LogP contribution in [0.3, 0.4) is 0 Å². The van der Waals surface area contributed by atoms with Crippen LogP contribution in [0.15, 0.2) is 85.8 Å². The molecule has 2 N–H and O–H groups in total. The number of ether oxygens (including phenoxy) is 1. The monoisotopic (exact) mass is 692 g/mol. The van der Waals surface area contributed by atoms with Crippen molar-refractivity contribution in [1.29, 1.82) is 0 Å². The van der Waals surface area contributed by atoms with E-state index in [0.29, 0.717) is 12.5 Å². The Morgan fingerprint density at radius 1 is 0.580 bits per heavy atom. The van der Waals surface area contributed by atoms with E-state index in [9.17, 15) is 0 Å². The van der Waals surface area contributed by atoms with Crippen molar-refractivity contribution in [2.45, 2.75) is 125 Å². The molecule has 6 nitrogen and oxygen atoms in total. The molecule has 0 aromatic heterocycles.